The molecule has 0 unspecified atom stereocenters. The number of rotatable bonds is 6. The number of carbonyl (C=O) groups is 1. The second-order valence-electron chi connectivity index (χ2n) is 4.72. The van der Waals surface area contributed by atoms with Gasteiger partial charge in [0.25, 0.3) is 0 Å². The highest BCUT2D eigenvalue weighted by atomic mass is 16.5. The van der Waals surface area contributed by atoms with Crippen molar-refractivity contribution in [1.29, 1.82) is 0 Å². The minimum atomic E-state index is 0.0293. The van der Waals surface area contributed by atoms with Gasteiger partial charge in [-0.1, -0.05) is 6.92 Å². The third-order valence-electron chi connectivity index (χ3n) is 3.56. The van der Waals surface area contributed by atoms with Crippen LogP contribution in [0.2, 0.25) is 0 Å². The third kappa shape index (κ3) is 2.92. The van der Waals surface area contributed by atoms with E-state index in [1.807, 2.05) is 0 Å². The van der Waals surface area contributed by atoms with E-state index in [1.165, 1.54) is 19.3 Å². The van der Waals surface area contributed by atoms with Gasteiger partial charge < -0.3 is 15.4 Å². The van der Waals surface area contributed by atoms with Crippen molar-refractivity contribution >= 4 is 5.91 Å². The molecule has 1 amide bonds. The number of amides is 1. The second kappa shape index (κ2) is 4.49. The largest absolute Gasteiger partial charge is 0.366 e. The molecule has 15 heavy (non-hydrogen) atoms. The summed E-state index contributed by atoms with van der Waals surface area (Å²) in [5.74, 6) is 0.0293. The maximum absolute atomic E-state index is 11.4. The van der Waals surface area contributed by atoms with Crippen LogP contribution in [0, 0.1) is 5.41 Å². The van der Waals surface area contributed by atoms with Gasteiger partial charge in [-0.2, -0.15) is 0 Å². The normalized spacial score (nSPS) is 23.3. The molecule has 0 aromatic heterocycles. The summed E-state index contributed by atoms with van der Waals surface area (Å²) in [7, 11) is 0. The van der Waals surface area contributed by atoms with Crippen molar-refractivity contribution in [1.82, 2.24) is 10.6 Å². The Balaban J connectivity index is 1.56. The van der Waals surface area contributed by atoms with E-state index in [4.69, 9.17) is 4.74 Å². The lowest BCUT2D eigenvalue weighted by molar-refractivity contribution is -0.128. The van der Waals surface area contributed by atoms with Gasteiger partial charge in [0.15, 0.2) is 0 Å². The van der Waals surface area contributed by atoms with Crippen molar-refractivity contribution in [3.05, 3.63) is 0 Å². The van der Waals surface area contributed by atoms with Gasteiger partial charge in [-0.15, -0.1) is 0 Å². The van der Waals surface area contributed by atoms with Crippen molar-refractivity contribution < 1.29 is 9.53 Å². The first-order valence-corrected chi connectivity index (χ1v) is 5.83. The Morgan fingerprint density at radius 1 is 1.53 bits per heavy atom. The summed E-state index contributed by atoms with van der Waals surface area (Å²) in [5, 5.41) is 6.06. The van der Waals surface area contributed by atoms with Crippen molar-refractivity contribution in [2.75, 3.05) is 26.2 Å². The fourth-order valence-corrected chi connectivity index (χ4v) is 1.74. The van der Waals surface area contributed by atoms with Gasteiger partial charge >= 0.3 is 0 Å². The Morgan fingerprint density at radius 2 is 2.27 bits per heavy atom. The molecule has 1 aliphatic carbocycles. The molecule has 2 rings (SSSR count). The van der Waals surface area contributed by atoms with Crippen LogP contribution in [0.15, 0.2) is 0 Å². The topological polar surface area (TPSA) is 50.4 Å². The number of hydrogen-bond donors (Lipinski definition) is 2. The van der Waals surface area contributed by atoms with Gasteiger partial charge in [0.05, 0.1) is 6.10 Å². The lowest BCUT2D eigenvalue weighted by Crippen LogP contribution is -2.49. The summed E-state index contributed by atoms with van der Waals surface area (Å²) in [6, 6.07) is 0. The van der Waals surface area contributed by atoms with Crippen molar-refractivity contribution in [3.8, 4) is 0 Å². The Morgan fingerprint density at radius 3 is 2.73 bits per heavy atom. The maximum Gasteiger partial charge on any atom is 0.246 e. The average Bonchev–Trinajstić information content (AvgIpc) is 2.93. The van der Waals surface area contributed by atoms with Crippen molar-refractivity contribution in [2.45, 2.75) is 32.3 Å². The standard InChI is InChI=1S/C11H20N2O2/c1-2-11(3-4-11)8-13-10(14)7-15-9-5-12-6-9/h9,12H,2-8H2,1H3,(H,13,14). The number of nitrogens with one attached hydrogen (secondary N) is 2. The van der Waals surface area contributed by atoms with Crippen LogP contribution < -0.4 is 10.6 Å². The molecule has 86 valence electrons. The predicted octanol–water partition coefficient (Wildman–Crippen LogP) is 0.281. The molecule has 1 aliphatic heterocycles. The molecule has 1 saturated heterocycles. The molecule has 0 aromatic rings. The molecule has 0 atom stereocenters. The zero-order valence-electron chi connectivity index (χ0n) is 9.34. The van der Waals surface area contributed by atoms with E-state index in [9.17, 15) is 4.79 Å². The summed E-state index contributed by atoms with van der Waals surface area (Å²) < 4.78 is 5.38. The first kappa shape index (κ1) is 10.9. The molecular weight excluding hydrogens is 192 g/mol. The molecule has 2 aliphatic rings. The Bertz CT molecular complexity index is 235. The summed E-state index contributed by atoms with van der Waals surface area (Å²) in [4.78, 5) is 11.4. The van der Waals surface area contributed by atoms with Crippen LogP contribution in [0.5, 0.6) is 0 Å². The molecule has 4 heteroatoms. The molecule has 0 spiro atoms. The van der Waals surface area contributed by atoms with Crippen LogP contribution in [0.4, 0.5) is 0 Å². The van der Waals surface area contributed by atoms with Gasteiger partial charge in [0.1, 0.15) is 6.61 Å². The van der Waals surface area contributed by atoms with E-state index < -0.39 is 0 Å². The fraction of sp³-hybridized carbons (Fsp3) is 0.909. The van der Waals surface area contributed by atoms with Crippen LogP contribution >= 0.6 is 0 Å². The molecule has 2 N–H and O–H groups in total. The lowest BCUT2D eigenvalue weighted by atomic mass is 10.0. The van der Waals surface area contributed by atoms with Gasteiger partial charge in [-0.3, -0.25) is 4.79 Å². The molecular formula is C11H20N2O2. The molecule has 2 fully saturated rings. The molecule has 4 nitrogen and oxygen atoms in total. The zero-order valence-corrected chi connectivity index (χ0v) is 9.34. The number of ether oxygens (including phenoxy) is 1. The van der Waals surface area contributed by atoms with Crippen molar-refractivity contribution in [2.24, 2.45) is 5.41 Å². The fourth-order valence-electron chi connectivity index (χ4n) is 1.74. The summed E-state index contributed by atoms with van der Waals surface area (Å²) in [6.07, 6.45) is 3.94. The lowest BCUT2D eigenvalue weighted by Gasteiger charge is -2.26. The van der Waals surface area contributed by atoms with E-state index in [2.05, 4.69) is 17.6 Å². The SMILES string of the molecule is CCC1(CNC(=O)COC2CNC2)CC1. The molecule has 0 aromatic carbocycles. The van der Waals surface area contributed by atoms with Crippen molar-refractivity contribution in [3.63, 3.8) is 0 Å². The highest BCUT2D eigenvalue weighted by molar-refractivity contribution is 5.77. The average molecular weight is 212 g/mol. The molecule has 1 saturated carbocycles. The zero-order chi connectivity index (χ0) is 10.7. The smallest absolute Gasteiger partial charge is 0.246 e. The van der Waals surface area contributed by atoms with Crippen LogP contribution in [0.1, 0.15) is 26.2 Å². The van der Waals surface area contributed by atoms with Crippen LogP contribution in [0.25, 0.3) is 0 Å². The van der Waals surface area contributed by atoms with Crippen LogP contribution in [-0.2, 0) is 9.53 Å². The minimum Gasteiger partial charge on any atom is -0.366 e. The monoisotopic (exact) mass is 212 g/mol. The first-order chi connectivity index (χ1) is 7.24. The highest BCUT2D eigenvalue weighted by Gasteiger charge is 2.40. The molecule has 0 bridgehead atoms. The minimum absolute atomic E-state index is 0.0293. The first-order valence-electron chi connectivity index (χ1n) is 5.83. The van der Waals surface area contributed by atoms with E-state index >= 15 is 0 Å². The maximum atomic E-state index is 11.4. The van der Waals surface area contributed by atoms with Gasteiger partial charge in [-0.25, -0.2) is 0 Å². The Labute approximate surface area is 90.8 Å². The predicted molar refractivity (Wildman–Crippen MR) is 57.6 cm³/mol. The highest BCUT2D eigenvalue weighted by Crippen LogP contribution is 2.47. The van der Waals surface area contributed by atoms with Crippen LogP contribution in [-0.4, -0.2) is 38.3 Å². The van der Waals surface area contributed by atoms with Gasteiger partial charge in [0.2, 0.25) is 5.91 Å². The van der Waals surface area contributed by atoms with E-state index in [0.717, 1.165) is 19.6 Å². The molecule has 1 heterocycles. The third-order valence-corrected chi connectivity index (χ3v) is 3.56. The molecule has 0 radical (unpaired) electrons. The van der Waals surface area contributed by atoms with E-state index in [1.54, 1.807) is 0 Å². The second-order valence-corrected chi connectivity index (χ2v) is 4.72. The van der Waals surface area contributed by atoms with Gasteiger partial charge in [0, 0.05) is 19.6 Å². The Kier molecular flexibility index (Phi) is 3.26. The van der Waals surface area contributed by atoms with Crippen LogP contribution in [0.3, 0.4) is 0 Å². The quantitative estimate of drug-likeness (QED) is 0.665. The van der Waals surface area contributed by atoms with E-state index in [0.29, 0.717) is 5.41 Å². The van der Waals surface area contributed by atoms with Gasteiger partial charge in [-0.05, 0) is 24.7 Å². The summed E-state index contributed by atoms with van der Waals surface area (Å²) in [6.45, 7) is 4.99. The Hall–Kier alpha value is -0.610. The van der Waals surface area contributed by atoms with E-state index in [-0.39, 0.29) is 18.6 Å². The summed E-state index contributed by atoms with van der Waals surface area (Å²) in [5.41, 5.74) is 0.424. The number of carbonyl (C=O) groups excluding carboxylic acids is 1. The summed E-state index contributed by atoms with van der Waals surface area (Å²) >= 11 is 0. The number of hydrogen-bond acceptors (Lipinski definition) is 3.